The van der Waals surface area contributed by atoms with E-state index in [0.717, 1.165) is 71.5 Å². The lowest BCUT2D eigenvalue weighted by Gasteiger charge is -2.43. The highest BCUT2D eigenvalue weighted by Gasteiger charge is 2.47. The van der Waals surface area contributed by atoms with Crippen molar-refractivity contribution >= 4 is 59.9 Å². The fourth-order valence-corrected chi connectivity index (χ4v) is 13.9. The Balaban J connectivity index is 1.20. The molecule has 0 radical (unpaired) electrons. The molecule has 9 aromatic carbocycles. The lowest BCUT2D eigenvalue weighted by Crippen LogP contribution is -2.28. The molecule has 0 unspecified atom stereocenters. The molecule has 0 N–H and O–H groups in total. The van der Waals surface area contributed by atoms with E-state index >= 15 is 4.79 Å². The Morgan fingerprint density at radius 2 is 0.803 bits per heavy atom. The van der Waals surface area contributed by atoms with Crippen LogP contribution in [0.25, 0.3) is 65.6 Å². The van der Waals surface area contributed by atoms with Gasteiger partial charge in [0.1, 0.15) is 0 Å². The summed E-state index contributed by atoms with van der Waals surface area (Å²) in [6, 6.07) is 65.3. The van der Waals surface area contributed by atoms with E-state index < -0.39 is 0 Å². The lowest BCUT2D eigenvalue weighted by atomic mass is 9.59. The van der Waals surface area contributed by atoms with Gasteiger partial charge >= 0.3 is 0 Å². The highest BCUT2D eigenvalue weighted by atomic mass is 16.1. The zero-order chi connectivity index (χ0) is 43.3. The van der Waals surface area contributed by atoms with Crippen molar-refractivity contribution in [2.75, 3.05) is 0 Å². The number of aromatic nitrogens is 2. The molecule has 5 heteroatoms. The van der Waals surface area contributed by atoms with Crippen molar-refractivity contribution in [3.8, 4) is 17.8 Å². The number of pyridine rings is 1. The summed E-state index contributed by atoms with van der Waals surface area (Å²) in [5.41, 5.74) is 21.1. The van der Waals surface area contributed by atoms with Crippen LogP contribution in [-0.2, 0) is 0 Å². The second-order valence-corrected chi connectivity index (χ2v) is 18.7. The normalized spacial score (nSPS) is 18.0. The number of hydrogen-bond donors (Lipinski definition) is 0. The first-order valence-corrected chi connectivity index (χ1v) is 22.7. The van der Waals surface area contributed by atoms with Crippen LogP contribution in [0.3, 0.4) is 0 Å². The van der Waals surface area contributed by atoms with Gasteiger partial charge in [-0.2, -0.15) is 10.5 Å². The standard InChI is InChI=1S/C61H32N4O/c62-29-31-26-45-54(57-48(31)50-34-16-4-8-20-38(34)52(57)39-21-9-5-17-35(39)50)43-28-47-56(61(66)42-24-12-13-25-44(42)64(47)33-14-2-1-3-15-33)59-55-46(65(45)60(43)59)27-32(30-63)49-51-36-18-6-10-22-40(36)53(58(49)55)41-23-11-7-19-37(41)51/h1-28,50-53H. The molecule has 0 amide bonds. The van der Waals surface area contributed by atoms with E-state index in [4.69, 9.17) is 0 Å². The second-order valence-electron chi connectivity index (χ2n) is 18.7. The van der Waals surface area contributed by atoms with E-state index in [-0.39, 0.29) is 29.1 Å². The third-order valence-electron chi connectivity index (χ3n) is 16.0. The highest BCUT2D eigenvalue weighted by Crippen LogP contribution is 2.62. The monoisotopic (exact) mass is 836 g/mol. The van der Waals surface area contributed by atoms with Gasteiger partial charge < -0.3 is 8.97 Å². The van der Waals surface area contributed by atoms with Crippen LogP contribution in [0.5, 0.6) is 0 Å². The van der Waals surface area contributed by atoms with Gasteiger partial charge in [0.2, 0.25) is 0 Å². The fourth-order valence-electron chi connectivity index (χ4n) is 13.9. The zero-order valence-corrected chi connectivity index (χ0v) is 35.2. The SMILES string of the molecule is N#Cc1cc2c(c3c1C1c4ccccc4C3c3ccccc31)c1cc3c(c(=O)c4ccccc4n3-c3ccccc3)c3c4c5c(c(C#N)cc4n2c13)C1c2ccccc2C5c2ccccc21. The van der Waals surface area contributed by atoms with Crippen LogP contribution in [0.4, 0.5) is 0 Å². The predicted octanol–water partition coefficient (Wildman–Crippen LogP) is 13.0. The van der Waals surface area contributed by atoms with Crippen molar-refractivity contribution in [3.05, 3.63) is 258 Å². The zero-order valence-electron chi connectivity index (χ0n) is 35.2. The molecular formula is C61H32N4O. The summed E-state index contributed by atoms with van der Waals surface area (Å²) in [7, 11) is 0. The number of benzene rings is 9. The summed E-state index contributed by atoms with van der Waals surface area (Å²) in [5, 5.41) is 28.1. The Morgan fingerprint density at radius 3 is 1.30 bits per heavy atom. The van der Waals surface area contributed by atoms with Gasteiger partial charge in [0.15, 0.2) is 5.43 Å². The van der Waals surface area contributed by atoms with Crippen molar-refractivity contribution in [1.82, 2.24) is 8.97 Å². The molecule has 4 bridgehead atoms. The molecule has 18 rings (SSSR count). The minimum atomic E-state index is -0.163. The Kier molecular flexibility index (Phi) is 6.24. The summed E-state index contributed by atoms with van der Waals surface area (Å²) < 4.78 is 4.61. The van der Waals surface area contributed by atoms with Gasteiger partial charge in [-0.1, -0.05) is 127 Å². The first-order chi connectivity index (χ1) is 32.7. The van der Waals surface area contributed by atoms with Gasteiger partial charge in [-0.25, -0.2) is 0 Å². The van der Waals surface area contributed by atoms with E-state index in [0.29, 0.717) is 21.9 Å². The van der Waals surface area contributed by atoms with Crippen LogP contribution >= 0.6 is 0 Å². The van der Waals surface area contributed by atoms with Crippen molar-refractivity contribution in [2.45, 2.75) is 23.7 Å². The van der Waals surface area contributed by atoms with E-state index in [2.05, 4.69) is 167 Å². The molecule has 6 aliphatic rings. The number of nitrogens with zero attached hydrogens (tertiary/aromatic N) is 4. The van der Waals surface area contributed by atoms with Crippen LogP contribution in [0.1, 0.15) is 102 Å². The topological polar surface area (TPSA) is 74.0 Å². The predicted molar refractivity (Wildman–Crippen MR) is 261 cm³/mol. The van der Waals surface area contributed by atoms with Crippen molar-refractivity contribution in [2.24, 2.45) is 0 Å². The maximum atomic E-state index is 15.8. The van der Waals surface area contributed by atoms with Crippen molar-refractivity contribution in [1.29, 1.82) is 10.5 Å². The maximum absolute atomic E-state index is 15.8. The van der Waals surface area contributed by atoms with Crippen LogP contribution < -0.4 is 5.43 Å². The maximum Gasteiger partial charge on any atom is 0.197 e. The Labute approximate surface area is 377 Å². The summed E-state index contributed by atoms with van der Waals surface area (Å²) in [5.74, 6) is -0.526. The number of fused-ring (bicyclic) bond motifs is 9. The first kappa shape index (κ1) is 34.7. The van der Waals surface area contributed by atoms with Crippen LogP contribution in [0, 0.1) is 22.7 Å². The quantitative estimate of drug-likeness (QED) is 0.155. The summed E-state index contributed by atoms with van der Waals surface area (Å²) >= 11 is 0. The minimum Gasteiger partial charge on any atom is -0.309 e. The second kappa shape index (κ2) is 11.9. The van der Waals surface area contributed by atoms with Crippen molar-refractivity contribution in [3.63, 3.8) is 0 Å². The molecule has 0 aliphatic heterocycles. The molecule has 0 fully saturated rings. The molecule has 0 saturated carbocycles. The van der Waals surface area contributed by atoms with E-state index in [1.165, 1.54) is 50.1 Å². The molecule has 0 atom stereocenters. The number of hydrogen-bond acceptors (Lipinski definition) is 3. The van der Waals surface area contributed by atoms with E-state index in [9.17, 15) is 10.5 Å². The molecule has 66 heavy (non-hydrogen) atoms. The number of para-hydroxylation sites is 2. The third-order valence-corrected chi connectivity index (χ3v) is 16.0. The van der Waals surface area contributed by atoms with E-state index in [1.807, 2.05) is 24.3 Å². The van der Waals surface area contributed by atoms with Gasteiger partial charge in [-0.15, -0.1) is 0 Å². The van der Waals surface area contributed by atoms with Crippen molar-refractivity contribution < 1.29 is 0 Å². The molecule has 302 valence electrons. The smallest absolute Gasteiger partial charge is 0.197 e. The van der Waals surface area contributed by atoms with Gasteiger partial charge in [-0.3, -0.25) is 4.79 Å². The van der Waals surface area contributed by atoms with Gasteiger partial charge in [0, 0.05) is 56.3 Å². The average molecular weight is 837 g/mol. The van der Waals surface area contributed by atoms with Gasteiger partial charge in [0.25, 0.3) is 0 Å². The molecule has 6 aliphatic carbocycles. The molecular weight excluding hydrogens is 805 g/mol. The van der Waals surface area contributed by atoms with E-state index in [1.54, 1.807) is 0 Å². The Hall–Kier alpha value is -8.77. The van der Waals surface area contributed by atoms with Gasteiger partial charge in [0.05, 0.1) is 56.2 Å². The molecule has 3 aromatic heterocycles. The Bertz CT molecular complexity index is 4330. The Morgan fingerprint density at radius 1 is 0.379 bits per heavy atom. The summed E-state index contributed by atoms with van der Waals surface area (Å²) in [6.45, 7) is 0. The minimum absolute atomic E-state index is 0.0177. The van der Waals surface area contributed by atoms with Crippen LogP contribution in [-0.4, -0.2) is 8.97 Å². The molecule has 0 saturated heterocycles. The highest BCUT2D eigenvalue weighted by molar-refractivity contribution is 6.33. The average Bonchev–Trinajstić information content (AvgIpc) is 3.90. The largest absolute Gasteiger partial charge is 0.309 e. The van der Waals surface area contributed by atoms with Crippen LogP contribution in [0.2, 0.25) is 0 Å². The van der Waals surface area contributed by atoms with Crippen LogP contribution in [0.15, 0.2) is 175 Å². The molecule has 0 spiro atoms. The summed E-state index contributed by atoms with van der Waals surface area (Å²) in [6.07, 6.45) is 0. The molecule has 12 aromatic rings. The summed E-state index contributed by atoms with van der Waals surface area (Å²) in [4.78, 5) is 15.8. The fraction of sp³-hybridized carbons (Fsp3) is 0.0656. The number of rotatable bonds is 1. The number of nitriles is 2. The lowest BCUT2D eigenvalue weighted by molar-refractivity contribution is 0.758. The molecule has 3 heterocycles. The third kappa shape index (κ3) is 3.82. The van der Waals surface area contributed by atoms with Gasteiger partial charge in [-0.05, 0) is 109 Å². The first-order valence-electron chi connectivity index (χ1n) is 22.7. The molecule has 5 nitrogen and oxygen atoms in total.